The van der Waals surface area contributed by atoms with Crippen molar-refractivity contribution in [1.82, 2.24) is 19.9 Å². The summed E-state index contributed by atoms with van der Waals surface area (Å²) in [5.41, 5.74) is 3.38. The molecule has 4 nitrogen and oxygen atoms in total. The van der Waals surface area contributed by atoms with Crippen molar-refractivity contribution in [1.29, 1.82) is 0 Å². The van der Waals surface area contributed by atoms with E-state index in [4.69, 9.17) is 9.97 Å². The lowest BCUT2D eigenvalue weighted by atomic mass is 9.88. The van der Waals surface area contributed by atoms with Gasteiger partial charge in [-0.1, -0.05) is 31.4 Å². The van der Waals surface area contributed by atoms with Gasteiger partial charge in [-0.15, -0.1) is 11.3 Å². The van der Waals surface area contributed by atoms with Crippen molar-refractivity contribution in [2.24, 2.45) is 0 Å². The summed E-state index contributed by atoms with van der Waals surface area (Å²) in [5.74, 6) is 1.54. The second kappa shape index (κ2) is 8.90. The number of fused-ring (bicyclic) bond motifs is 1. The van der Waals surface area contributed by atoms with Gasteiger partial charge in [0.05, 0.1) is 11.3 Å². The van der Waals surface area contributed by atoms with Crippen molar-refractivity contribution in [2.75, 3.05) is 6.54 Å². The van der Waals surface area contributed by atoms with Crippen molar-refractivity contribution in [3.63, 3.8) is 0 Å². The fraction of sp³-hybridized carbons (Fsp3) is 0.458. The maximum Gasteiger partial charge on any atom is 0.416 e. The molecule has 32 heavy (non-hydrogen) atoms. The molecule has 0 spiro atoms. The highest BCUT2D eigenvalue weighted by Crippen LogP contribution is 2.33. The van der Waals surface area contributed by atoms with Crippen LogP contribution in [-0.4, -0.2) is 26.4 Å². The Balaban J connectivity index is 1.23. The van der Waals surface area contributed by atoms with E-state index in [1.165, 1.54) is 66.8 Å². The van der Waals surface area contributed by atoms with E-state index in [-0.39, 0.29) is 0 Å². The molecule has 2 aromatic heterocycles. The highest BCUT2D eigenvalue weighted by atomic mass is 32.1. The first-order chi connectivity index (χ1) is 15.5. The second-order valence-corrected chi connectivity index (χ2v) is 9.57. The van der Waals surface area contributed by atoms with Crippen LogP contribution in [0.3, 0.4) is 0 Å². The zero-order valence-electron chi connectivity index (χ0n) is 17.7. The molecule has 1 fully saturated rings. The van der Waals surface area contributed by atoms with E-state index in [1.807, 2.05) is 11.6 Å². The van der Waals surface area contributed by atoms with Crippen LogP contribution in [0.2, 0.25) is 0 Å². The number of hydrogen-bond donors (Lipinski definition) is 0. The number of benzene rings is 1. The molecule has 1 aliphatic carbocycles. The average molecular weight is 459 g/mol. The summed E-state index contributed by atoms with van der Waals surface area (Å²) < 4.78 is 38.3. The lowest BCUT2D eigenvalue weighted by molar-refractivity contribution is -0.137. The Kier molecular flexibility index (Phi) is 5.99. The molecule has 8 heteroatoms. The second-order valence-electron chi connectivity index (χ2n) is 8.71. The molecule has 0 amide bonds. The van der Waals surface area contributed by atoms with Crippen LogP contribution in [0.25, 0.3) is 10.6 Å². The van der Waals surface area contributed by atoms with Crippen LogP contribution >= 0.6 is 11.3 Å². The molecule has 0 atom stereocenters. The fourth-order valence-corrected chi connectivity index (χ4v) is 5.44. The van der Waals surface area contributed by atoms with Gasteiger partial charge in [0.1, 0.15) is 10.8 Å². The van der Waals surface area contributed by atoms with Gasteiger partial charge in [0.2, 0.25) is 0 Å². The van der Waals surface area contributed by atoms with Gasteiger partial charge in [-0.25, -0.2) is 15.0 Å². The number of alkyl halides is 3. The molecular formula is C24H25F3N4S. The Morgan fingerprint density at radius 2 is 1.81 bits per heavy atom. The van der Waals surface area contributed by atoms with Crippen LogP contribution < -0.4 is 0 Å². The lowest BCUT2D eigenvalue weighted by Crippen LogP contribution is -2.31. The van der Waals surface area contributed by atoms with Gasteiger partial charge in [-0.05, 0) is 25.0 Å². The normalized spacial score (nSPS) is 18.0. The third-order valence-corrected chi connectivity index (χ3v) is 7.34. The lowest BCUT2D eigenvalue weighted by Gasteiger charge is -2.28. The number of nitrogens with zero attached hydrogens (tertiary/aromatic N) is 4. The Morgan fingerprint density at radius 3 is 2.56 bits per heavy atom. The molecule has 0 bridgehead atoms. The van der Waals surface area contributed by atoms with Crippen LogP contribution in [0.5, 0.6) is 0 Å². The highest BCUT2D eigenvalue weighted by molar-refractivity contribution is 7.13. The maximum atomic E-state index is 12.8. The zero-order valence-corrected chi connectivity index (χ0v) is 18.6. The van der Waals surface area contributed by atoms with Crippen molar-refractivity contribution in [2.45, 2.75) is 63.7 Å². The third kappa shape index (κ3) is 4.71. The van der Waals surface area contributed by atoms with Crippen molar-refractivity contribution >= 4 is 11.3 Å². The van der Waals surface area contributed by atoms with Gasteiger partial charge in [-0.2, -0.15) is 13.2 Å². The van der Waals surface area contributed by atoms with E-state index in [0.717, 1.165) is 48.2 Å². The standard InChI is InChI=1S/C24H25F3N4S/c25-24(26,27)19-8-6-17(7-9-19)23-29-20(15-32-23)14-31-11-10-21-18(13-31)12-28-22(30-21)16-4-2-1-3-5-16/h6-9,12,15-16H,1-5,10-11,13-14H2. The molecule has 3 aromatic rings. The van der Waals surface area contributed by atoms with E-state index in [9.17, 15) is 13.2 Å². The first kappa shape index (κ1) is 21.5. The fourth-order valence-electron chi connectivity index (χ4n) is 4.63. The number of thiazole rings is 1. The van der Waals surface area contributed by atoms with Gasteiger partial charge >= 0.3 is 6.18 Å². The van der Waals surface area contributed by atoms with Gasteiger partial charge in [0.15, 0.2) is 0 Å². The zero-order chi connectivity index (χ0) is 22.1. The maximum absolute atomic E-state index is 12.8. The molecule has 3 heterocycles. The van der Waals surface area contributed by atoms with E-state index in [0.29, 0.717) is 18.0 Å². The van der Waals surface area contributed by atoms with Crippen LogP contribution in [0.15, 0.2) is 35.8 Å². The monoisotopic (exact) mass is 458 g/mol. The first-order valence-corrected chi connectivity index (χ1v) is 12.0. The molecule has 1 aromatic carbocycles. The number of hydrogen-bond acceptors (Lipinski definition) is 5. The molecule has 0 radical (unpaired) electrons. The summed E-state index contributed by atoms with van der Waals surface area (Å²) in [7, 11) is 0. The van der Waals surface area contributed by atoms with E-state index < -0.39 is 11.7 Å². The molecule has 168 valence electrons. The Hall–Kier alpha value is -2.32. The van der Waals surface area contributed by atoms with Gasteiger partial charge in [0, 0.05) is 60.4 Å². The molecule has 0 unspecified atom stereocenters. The van der Waals surface area contributed by atoms with Gasteiger partial charge in [-0.3, -0.25) is 4.90 Å². The SMILES string of the molecule is FC(F)(F)c1ccc(-c2nc(CN3CCc4nc(C5CCCCC5)ncc4C3)cs2)cc1. The topological polar surface area (TPSA) is 41.9 Å². The third-order valence-electron chi connectivity index (χ3n) is 6.40. The van der Waals surface area contributed by atoms with Crippen molar-refractivity contribution in [3.8, 4) is 10.6 Å². The van der Waals surface area contributed by atoms with E-state index >= 15 is 0 Å². The summed E-state index contributed by atoms with van der Waals surface area (Å²) >= 11 is 1.46. The number of halogens is 3. The molecule has 5 rings (SSSR count). The summed E-state index contributed by atoms with van der Waals surface area (Å²) in [6.07, 6.45) is 4.89. The highest BCUT2D eigenvalue weighted by Gasteiger charge is 2.30. The molecule has 1 saturated carbocycles. The predicted molar refractivity (Wildman–Crippen MR) is 118 cm³/mol. The summed E-state index contributed by atoms with van der Waals surface area (Å²) in [6, 6.07) is 5.20. The van der Waals surface area contributed by atoms with Crippen molar-refractivity contribution < 1.29 is 13.2 Å². The quantitative estimate of drug-likeness (QED) is 0.465. The molecule has 0 saturated heterocycles. The number of aromatic nitrogens is 3. The number of rotatable bonds is 4. The van der Waals surface area contributed by atoms with Crippen LogP contribution in [0, 0.1) is 0 Å². The van der Waals surface area contributed by atoms with Crippen molar-refractivity contribution in [3.05, 3.63) is 64.2 Å². The summed E-state index contributed by atoms with van der Waals surface area (Å²) in [4.78, 5) is 16.6. The minimum absolute atomic E-state index is 0.519. The summed E-state index contributed by atoms with van der Waals surface area (Å²) in [5, 5.41) is 2.73. The smallest absolute Gasteiger partial charge is 0.293 e. The van der Waals surface area contributed by atoms with Crippen LogP contribution in [0.4, 0.5) is 13.2 Å². The minimum atomic E-state index is -4.32. The Morgan fingerprint density at radius 1 is 1.03 bits per heavy atom. The predicted octanol–water partition coefficient (Wildman–Crippen LogP) is 6.22. The van der Waals surface area contributed by atoms with Crippen LogP contribution in [0.1, 0.15) is 66.4 Å². The van der Waals surface area contributed by atoms with Gasteiger partial charge < -0.3 is 0 Å². The molecular weight excluding hydrogens is 433 g/mol. The van der Waals surface area contributed by atoms with Gasteiger partial charge in [0.25, 0.3) is 0 Å². The largest absolute Gasteiger partial charge is 0.416 e. The van der Waals surface area contributed by atoms with Crippen LogP contribution in [-0.2, 0) is 25.7 Å². The van der Waals surface area contributed by atoms with E-state index in [2.05, 4.69) is 9.88 Å². The minimum Gasteiger partial charge on any atom is -0.293 e. The molecule has 0 N–H and O–H groups in total. The van der Waals surface area contributed by atoms with E-state index in [1.54, 1.807) is 0 Å². The molecule has 1 aliphatic heterocycles. The summed E-state index contributed by atoms with van der Waals surface area (Å²) in [6.45, 7) is 2.43. The average Bonchev–Trinajstić information content (AvgIpc) is 3.27. The molecule has 2 aliphatic rings. The first-order valence-electron chi connectivity index (χ1n) is 11.1. The Bertz CT molecular complexity index is 1070. The Labute approximate surface area is 189 Å².